The maximum Gasteiger partial charge on any atom is 0.220 e. The van der Waals surface area contributed by atoms with Gasteiger partial charge in [-0.1, -0.05) is 18.6 Å². The molecule has 1 unspecified atom stereocenters. The average Bonchev–Trinajstić information content (AvgIpc) is 1.99. The third-order valence-electron chi connectivity index (χ3n) is 1.96. The van der Waals surface area contributed by atoms with Gasteiger partial charge in [0.1, 0.15) is 0 Å². The second kappa shape index (κ2) is 4.94. The van der Waals surface area contributed by atoms with Crippen molar-refractivity contribution in [2.75, 3.05) is 0 Å². The van der Waals surface area contributed by atoms with Crippen LogP contribution in [0, 0.1) is 5.92 Å². The smallest absolute Gasteiger partial charge is 0.220 e. The minimum atomic E-state index is -0.186. The monoisotopic (exact) mass is 155 g/mol. The highest BCUT2D eigenvalue weighted by Crippen LogP contribution is 2.13. The second-order valence-corrected chi connectivity index (χ2v) is 2.85. The molecule has 0 saturated heterocycles. The van der Waals surface area contributed by atoms with Gasteiger partial charge in [-0.15, -0.1) is 0 Å². The van der Waals surface area contributed by atoms with E-state index in [2.05, 4.69) is 0 Å². The number of rotatable bonds is 4. The molecule has 1 amide bonds. The van der Waals surface area contributed by atoms with Crippen LogP contribution in [-0.2, 0) is 4.79 Å². The van der Waals surface area contributed by atoms with Gasteiger partial charge in [0, 0.05) is 5.92 Å². The Labute approximate surface area is 68.5 Å². The van der Waals surface area contributed by atoms with Gasteiger partial charge in [0.15, 0.2) is 0 Å². The fourth-order valence-electron chi connectivity index (χ4n) is 0.953. The first kappa shape index (κ1) is 10.2. The van der Waals surface area contributed by atoms with Gasteiger partial charge in [0.05, 0.1) is 0 Å². The van der Waals surface area contributed by atoms with Crippen LogP contribution in [0.3, 0.4) is 0 Å². The molecular formula is C9H17NO. The molecule has 0 saturated carbocycles. The predicted octanol–water partition coefficient (Wildman–Crippen LogP) is 1.85. The van der Waals surface area contributed by atoms with Crippen LogP contribution >= 0.6 is 0 Å². The molecule has 0 radical (unpaired) electrons. The minimum Gasteiger partial charge on any atom is -0.369 e. The van der Waals surface area contributed by atoms with Crippen LogP contribution in [0.5, 0.6) is 0 Å². The first-order chi connectivity index (χ1) is 5.11. The van der Waals surface area contributed by atoms with Gasteiger partial charge < -0.3 is 5.73 Å². The number of hydrogen-bond acceptors (Lipinski definition) is 1. The highest BCUT2D eigenvalue weighted by molar-refractivity contribution is 5.76. The van der Waals surface area contributed by atoms with E-state index < -0.39 is 0 Å². The molecule has 2 heteroatoms. The van der Waals surface area contributed by atoms with Crippen LogP contribution in [0.15, 0.2) is 11.6 Å². The zero-order valence-corrected chi connectivity index (χ0v) is 7.55. The van der Waals surface area contributed by atoms with Gasteiger partial charge in [-0.05, 0) is 26.7 Å². The van der Waals surface area contributed by atoms with Crippen LogP contribution < -0.4 is 5.73 Å². The third-order valence-corrected chi connectivity index (χ3v) is 1.96. The van der Waals surface area contributed by atoms with E-state index >= 15 is 0 Å². The van der Waals surface area contributed by atoms with Crippen LogP contribution in [0.4, 0.5) is 0 Å². The summed E-state index contributed by atoms with van der Waals surface area (Å²) in [4.78, 5) is 10.8. The summed E-state index contributed by atoms with van der Waals surface area (Å²) < 4.78 is 0. The van der Waals surface area contributed by atoms with Crippen LogP contribution in [-0.4, -0.2) is 5.91 Å². The fraction of sp³-hybridized carbons (Fsp3) is 0.667. The molecule has 0 bridgehead atoms. The van der Waals surface area contributed by atoms with Crippen LogP contribution in [0.25, 0.3) is 0 Å². The maximum absolute atomic E-state index is 10.8. The number of nitrogens with two attached hydrogens (primary N) is 1. The molecule has 0 spiro atoms. The van der Waals surface area contributed by atoms with Crippen molar-refractivity contribution in [1.82, 2.24) is 0 Å². The zero-order valence-electron chi connectivity index (χ0n) is 7.55. The second-order valence-electron chi connectivity index (χ2n) is 2.85. The van der Waals surface area contributed by atoms with E-state index in [1.165, 1.54) is 5.57 Å². The Hall–Kier alpha value is -0.790. The molecule has 0 aliphatic carbocycles. The topological polar surface area (TPSA) is 43.1 Å². The Morgan fingerprint density at radius 3 is 2.45 bits per heavy atom. The fourth-order valence-corrected chi connectivity index (χ4v) is 0.953. The van der Waals surface area contributed by atoms with Crippen molar-refractivity contribution >= 4 is 5.91 Å². The van der Waals surface area contributed by atoms with E-state index in [1.54, 1.807) is 0 Å². The van der Waals surface area contributed by atoms with Crippen molar-refractivity contribution in [3.05, 3.63) is 11.6 Å². The molecule has 0 heterocycles. The van der Waals surface area contributed by atoms with E-state index in [1.807, 2.05) is 26.8 Å². The highest BCUT2D eigenvalue weighted by Gasteiger charge is 2.12. The summed E-state index contributed by atoms with van der Waals surface area (Å²) >= 11 is 0. The summed E-state index contributed by atoms with van der Waals surface area (Å²) in [7, 11) is 0. The lowest BCUT2D eigenvalue weighted by Gasteiger charge is -2.09. The third kappa shape index (κ3) is 3.81. The molecular weight excluding hydrogens is 138 g/mol. The molecule has 64 valence electrons. The molecule has 0 aliphatic heterocycles. The molecule has 1 atom stereocenters. The van der Waals surface area contributed by atoms with E-state index in [-0.39, 0.29) is 11.8 Å². The quantitative estimate of drug-likeness (QED) is 0.618. The molecule has 2 N–H and O–H groups in total. The predicted molar refractivity (Wildman–Crippen MR) is 47.0 cm³/mol. The Kier molecular flexibility index (Phi) is 4.59. The van der Waals surface area contributed by atoms with Crippen LogP contribution in [0.1, 0.15) is 33.6 Å². The Balaban J connectivity index is 3.98. The molecule has 0 fully saturated rings. The van der Waals surface area contributed by atoms with Gasteiger partial charge in [0.25, 0.3) is 0 Å². The standard InChI is InChI=1S/C9H17NO/c1-4-7(3)6-8(5-2)9(10)11/h4,8H,5-6H2,1-3H3,(H2,10,11)/b7-4+. The summed E-state index contributed by atoms with van der Waals surface area (Å²) in [5.41, 5.74) is 6.42. The normalized spacial score (nSPS) is 14.6. The van der Waals surface area contributed by atoms with Crippen molar-refractivity contribution in [3.63, 3.8) is 0 Å². The summed E-state index contributed by atoms with van der Waals surface area (Å²) in [6.07, 6.45) is 3.66. The van der Waals surface area contributed by atoms with E-state index in [0.717, 1.165) is 12.8 Å². The first-order valence-electron chi connectivity index (χ1n) is 4.02. The van der Waals surface area contributed by atoms with E-state index in [9.17, 15) is 4.79 Å². The average molecular weight is 155 g/mol. The van der Waals surface area contributed by atoms with Crippen molar-refractivity contribution in [2.45, 2.75) is 33.6 Å². The number of carbonyl (C=O) groups is 1. The maximum atomic E-state index is 10.8. The Bertz CT molecular complexity index is 161. The number of primary amides is 1. The Morgan fingerprint density at radius 1 is 1.64 bits per heavy atom. The molecule has 11 heavy (non-hydrogen) atoms. The molecule has 0 aromatic heterocycles. The highest BCUT2D eigenvalue weighted by atomic mass is 16.1. The lowest BCUT2D eigenvalue weighted by Crippen LogP contribution is -2.22. The van der Waals surface area contributed by atoms with Crippen molar-refractivity contribution in [2.24, 2.45) is 11.7 Å². The van der Waals surface area contributed by atoms with Crippen LogP contribution in [0.2, 0.25) is 0 Å². The zero-order chi connectivity index (χ0) is 8.85. The SMILES string of the molecule is C/C=C(\C)CC(CC)C(N)=O. The lowest BCUT2D eigenvalue weighted by atomic mass is 9.97. The minimum absolute atomic E-state index is 0.0196. The molecule has 0 rings (SSSR count). The van der Waals surface area contributed by atoms with Crippen molar-refractivity contribution in [1.29, 1.82) is 0 Å². The largest absolute Gasteiger partial charge is 0.369 e. The van der Waals surface area contributed by atoms with Gasteiger partial charge in [-0.25, -0.2) is 0 Å². The van der Waals surface area contributed by atoms with Gasteiger partial charge >= 0.3 is 0 Å². The summed E-state index contributed by atoms with van der Waals surface area (Å²) in [6.45, 7) is 5.98. The van der Waals surface area contributed by atoms with Gasteiger partial charge in [-0.2, -0.15) is 0 Å². The van der Waals surface area contributed by atoms with Gasteiger partial charge in [0.2, 0.25) is 5.91 Å². The van der Waals surface area contributed by atoms with E-state index in [4.69, 9.17) is 5.73 Å². The lowest BCUT2D eigenvalue weighted by molar-refractivity contribution is -0.121. The Morgan fingerprint density at radius 2 is 2.18 bits per heavy atom. The number of allylic oxidation sites excluding steroid dienone is 2. The number of carbonyl (C=O) groups excluding carboxylic acids is 1. The first-order valence-corrected chi connectivity index (χ1v) is 4.02. The molecule has 0 aromatic carbocycles. The van der Waals surface area contributed by atoms with E-state index in [0.29, 0.717) is 0 Å². The van der Waals surface area contributed by atoms with Crippen molar-refractivity contribution in [3.8, 4) is 0 Å². The molecule has 0 aliphatic rings. The summed E-state index contributed by atoms with van der Waals surface area (Å²) in [5.74, 6) is -0.167. The van der Waals surface area contributed by atoms with Crippen molar-refractivity contribution < 1.29 is 4.79 Å². The molecule has 2 nitrogen and oxygen atoms in total. The summed E-state index contributed by atoms with van der Waals surface area (Å²) in [6, 6.07) is 0. The number of amides is 1. The number of hydrogen-bond donors (Lipinski definition) is 1. The molecule has 0 aromatic rings. The van der Waals surface area contributed by atoms with Gasteiger partial charge in [-0.3, -0.25) is 4.79 Å². The summed E-state index contributed by atoms with van der Waals surface area (Å²) in [5, 5.41) is 0.